The molecule has 6 heteroatoms. The highest BCUT2D eigenvalue weighted by Gasteiger charge is 2.23. The number of benzene rings is 1. The zero-order valence-electron chi connectivity index (χ0n) is 15.3. The smallest absolute Gasteiger partial charge is 0.255 e. The third kappa shape index (κ3) is 4.20. The van der Waals surface area contributed by atoms with Crippen LogP contribution in [0.4, 0.5) is 5.82 Å². The first-order chi connectivity index (χ1) is 12.5. The van der Waals surface area contributed by atoms with Crippen LogP contribution in [0, 0.1) is 0 Å². The van der Waals surface area contributed by atoms with E-state index in [4.69, 9.17) is 0 Å². The zero-order valence-corrected chi connectivity index (χ0v) is 15.3. The molecule has 1 fully saturated rings. The summed E-state index contributed by atoms with van der Waals surface area (Å²) in [4.78, 5) is 34.1. The minimum absolute atomic E-state index is 0.0297. The first-order valence-electron chi connectivity index (χ1n) is 8.80. The fourth-order valence-electron chi connectivity index (χ4n) is 3.08. The number of piperazine rings is 1. The SMILES string of the molecule is CC(=O)N1CCN(C(=O)c2ccc(N(C)Cc3ccccc3)nc2)CC1. The number of anilines is 1. The molecule has 136 valence electrons. The molecule has 1 saturated heterocycles. The normalized spacial score (nSPS) is 14.2. The molecule has 2 heterocycles. The van der Waals surface area contributed by atoms with Crippen LogP contribution in [0.5, 0.6) is 0 Å². The largest absolute Gasteiger partial charge is 0.355 e. The van der Waals surface area contributed by atoms with Crippen molar-refractivity contribution < 1.29 is 9.59 Å². The second-order valence-electron chi connectivity index (χ2n) is 6.55. The van der Waals surface area contributed by atoms with E-state index in [2.05, 4.69) is 22.0 Å². The molecular weight excluding hydrogens is 328 g/mol. The van der Waals surface area contributed by atoms with Gasteiger partial charge in [0.2, 0.25) is 5.91 Å². The summed E-state index contributed by atoms with van der Waals surface area (Å²) in [6.45, 7) is 4.63. The Bertz CT molecular complexity index is 753. The number of carbonyl (C=O) groups is 2. The van der Waals surface area contributed by atoms with Crippen LogP contribution in [0.25, 0.3) is 0 Å². The Balaban J connectivity index is 1.60. The lowest BCUT2D eigenvalue weighted by Gasteiger charge is -2.34. The molecule has 0 spiro atoms. The van der Waals surface area contributed by atoms with Gasteiger partial charge < -0.3 is 14.7 Å². The number of amides is 2. The van der Waals surface area contributed by atoms with Crippen molar-refractivity contribution in [1.29, 1.82) is 0 Å². The number of rotatable bonds is 4. The average molecular weight is 352 g/mol. The van der Waals surface area contributed by atoms with E-state index in [1.165, 1.54) is 5.56 Å². The molecule has 2 aromatic rings. The zero-order chi connectivity index (χ0) is 18.5. The van der Waals surface area contributed by atoms with Crippen molar-refractivity contribution in [2.24, 2.45) is 0 Å². The maximum absolute atomic E-state index is 12.6. The van der Waals surface area contributed by atoms with Gasteiger partial charge in [0.25, 0.3) is 5.91 Å². The summed E-state index contributed by atoms with van der Waals surface area (Å²) in [5.74, 6) is 0.856. The molecule has 1 aliphatic heterocycles. The number of hydrogen-bond donors (Lipinski definition) is 0. The Hall–Kier alpha value is -2.89. The summed E-state index contributed by atoms with van der Waals surface area (Å²) >= 11 is 0. The van der Waals surface area contributed by atoms with E-state index in [9.17, 15) is 9.59 Å². The quantitative estimate of drug-likeness (QED) is 0.845. The first-order valence-corrected chi connectivity index (χ1v) is 8.80. The van der Waals surface area contributed by atoms with Gasteiger partial charge in [0.05, 0.1) is 5.56 Å². The van der Waals surface area contributed by atoms with E-state index in [-0.39, 0.29) is 11.8 Å². The van der Waals surface area contributed by atoms with E-state index in [0.717, 1.165) is 12.4 Å². The molecule has 6 nitrogen and oxygen atoms in total. The maximum Gasteiger partial charge on any atom is 0.255 e. The highest BCUT2D eigenvalue weighted by Crippen LogP contribution is 2.15. The van der Waals surface area contributed by atoms with Crippen LogP contribution < -0.4 is 4.90 Å². The van der Waals surface area contributed by atoms with Gasteiger partial charge in [0.15, 0.2) is 0 Å². The van der Waals surface area contributed by atoms with Gasteiger partial charge in [-0.25, -0.2) is 4.98 Å². The van der Waals surface area contributed by atoms with Crippen LogP contribution >= 0.6 is 0 Å². The lowest BCUT2D eigenvalue weighted by molar-refractivity contribution is -0.130. The third-order valence-corrected chi connectivity index (χ3v) is 4.66. The fourth-order valence-corrected chi connectivity index (χ4v) is 3.08. The van der Waals surface area contributed by atoms with Gasteiger partial charge in [-0.2, -0.15) is 0 Å². The number of carbonyl (C=O) groups excluding carboxylic acids is 2. The van der Waals surface area contributed by atoms with E-state index in [0.29, 0.717) is 31.7 Å². The Morgan fingerprint density at radius 3 is 2.23 bits per heavy atom. The molecule has 0 saturated carbocycles. The fraction of sp³-hybridized carbons (Fsp3) is 0.350. The number of pyridine rings is 1. The van der Waals surface area contributed by atoms with E-state index in [1.54, 1.807) is 22.9 Å². The van der Waals surface area contributed by atoms with Crippen LogP contribution in [-0.4, -0.2) is 59.8 Å². The van der Waals surface area contributed by atoms with Crippen molar-refractivity contribution in [3.63, 3.8) is 0 Å². The van der Waals surface area contributed by atoms with Gasteiger partial charge in [-0.3, -0.25) is 9.59 Å². The van der Waals surface area contributed by atoms with E-state index < -0.39 is 0 Å². The minimum atomic E-state index is -0.0297. The molecule has 26 heavy (non-hydrogen) atoms. The molecule has 2 amide bonds. The summed E-state index contributed by atoms with van der Waals surface area (Å²) in [7, 11) is 1.98. The lowest BCUT2D eigenvalue weighted by Crippen LogP contribution is -2.50. The monoisotopic (exact) mass is 352 g/mol. The van der Waals surface area contributed by atoms with Gasteiger partial charge in [-0.1, -0.05) is 30.3 Å². The number of hydrogen-bond acceptors (Lipinski definition) is 4. The summed E-state index contributed by atoms with van der Waals surface area (Å²) in [5, 5.41) is 0. The minimum Gasteiger partial charge on any atom is -0.355 e. The lowest BCUT2D eigenvalue weighted by atomic mass is 10.2. The van der Waals surface area contributed by atoms with Crippen LogP contribution in [0.1, 0.15) is 22.8 Å². The molecule has 0 unspecified atom stereocenters. The van der Waals surface area contributed by atoms with Crippen molar-refractivity contribution in [2.75, 3.05) is 38.1 Å². The molecule has 0 aliphatic carbocycles. The van der Waals surface area contributed by atoms with Crippen molar-refractivity contribution in [3.05, 3.63) is 59.8 Å². The first kappa shape index (κ1) is 17.9. The molecule has 1 aromatic heterocycles. The Morgan fingerprint density at radius 2 is 1.65 bits per heavy atom. The van der Waals surface area contributed by atoms with Crippen LogP contribution in [0.3, 0.4) is 0 Å². The highest BCUT2D eigenvalue weighted by atomic mass is 16.2. The molecule has 3 rings (SSSR count). The van der Waals surface area contributed by atoms with Crippen molar-refractivity contribution in [2.45, 2.75) is 13.5 Å². The summed E-state index contributed by atoms with van der Waals surface area (Å²) in [6, 6.07) is 13.9. The van der Waals surface area contributed by atoms with Gasteiger partial charge in [-0.15, -0.1) is 0 Å². The molecular formula is C20H24N4O2. The standard InChI is InChI=1S/C20H24N4O2/c1-16(25)23-10-12-24(13-11-23)20(26)18-8-9-19(21-14-18)22(2)15-17-6-4-3-5-7-17/h3-9,14H,10-13,15H2,1-2H3. The van der Waals surface area contributed by atoms with Gasteiger partial charge >= 0.3 is 0 Å². The van der Waals surface area contributed by atoms with Crippen molar-refractivity contribution in [1.82, 2.24) is 14.8 Å². The predicted molar refractivity (Wildman–Crippen MR) is 101 cm³/mol. The van der Waals surface area contributed by atoms with E-state index in [1.807, 2.05) is 37.4 Å². The molecule has 0 bridgehead atoms. The van der Waals surface area contributed by atoms with Gasteiger partial charge in [-0.05, 0) is 17.7 Å². The van der Waals surface area contributed by atoms with Crippen molar-refractivity contribution >= 4 is 17.6 Å². The van der Waals surface area contributed by atoms with Crippen molar-refractivity contribution in [3.8, 4) is 0 Å². The molecule has 0 atom stereocenters. The highest BCUT2D eigenvalue weighted by molar-refractivity contribution is 5.94. The Labute approximate surface area is 154 Å². The molecule has 0 radical (unpaired) electrons. The topological polar surface area (TPSA) is 56.8 Å². The molecule has 1 aromatic carbocycles. The van der Waals surface area contributed by atoms with Gasteiger partial charge in [0, 0.05) is 52.9 Å². The predicted octanol–water partition coefficient (Wildman–Crippen LogP) is 2.02. The number of nitrogens with zero attached hydrogens (tertiary/aromatic N) is 4. The van der Waals surface area contributed by atoms with Crippen LogP contribution in [0.15, 0.2) is 48.7 Å². The summed E-state index contributed by atoms with van der Waals surface area (Å²) in [6.07, 6.45) is 1.64. The average Bonchev–Trinajstić information content (AvgIpc) is 2.68. The molecule has 1 aliphatic rings. The maximum atomic E-state index is 12.6. The van der Waals surface area contributed by atoms with Crippen LogP contribution in [-0.2, 0) is 11.3 Å². The van der Waals surface area contributed by atoms with Gasteiger partial charge in [0.1, 0.15) is 5.82 Å². The third-order valence-electron chi connectivity index (χ3n) is 4.66. The van der Waals surface area contributed by atoms with E-state index >= 15 is 0 Å². The Morgan fingerprint density at radius 1 is 1.00 bits per heavy atom. The molecule has 0 N–H and O–H groups in total. The summed E-state index contributed by atoms with van der Waals surface area (Å²) < 4.78 is 0. The Kier molecular flexibility index (Phi) is 5.51. The number of aromatic nitrogens is 1. The second-order valence-corrected chi connectivity index (χ2v) is 6.55. The summed E-state index contributed by atoms with van der Waals surface area (Å²) in [5.41, 5.74) is 1.79. The van der Waals surface area contributed by atoms with Crippen LogP contribution in [0.2, 0.25) is 0 Å². The second kappa shape index (κ2) is 7.99.